The largest absolute Gasteiger partial charge is 0.367 e. The van der Waals surface area contributed by atoms with Gasteiger partial charge < -0.3 is 4.84 Å². The first-order chi connectivity index (χ1) is 11.3. The molecule has 0 bridgehead atoms. The van der Waals surface area contributed by atoms with Crippen LogP contribution >= 0.6 is 23.2 Å². The standard InChI is InChI=1S/C16H13Cl2NO4S/c1-11(10-24(21,22)13-8-6-12(17)7-9-13)19-23-16(20)14-4-2-3-5-15(14)18/h2-9H,10H2,1H3/b19-11+. The SMILES string of the molecule is C/C(CS(=O)(=O)c1ccc(Cl)cc1)=N\OC(=O)c1ccccc1Cl. The highest BCUT2D eigenvalue weighted by molar-refractivity contribution is 7.92. The lowest BCUT2D eigenvalue weighted by molar-refractivity contribution is 0.0516. The Morgan fingerprint density at radius 2 is 1.71 bits per heavy atom. The van der Waals surface area contributed by atoms with Gasteiger partial charge in [0.05, 0.1) is 26.9 Å². The van der Waals surface area contributed by atoms with Crippen molar-refractivity contribution in [2.24, 2.45) is 5.16 Å². The van der Waals surface area contributed by atoms with Crippen LogP contribution in [0.2, 0.25) is 10.0 Å². The zero-order valence-corrected chi connectivity index (χ0v) is 14.9. The highest BCUT2D eigenvalue weighted by Gasteiger charge is 2.17. The van der Waals surface area contributed by atoms with Crippen LogP contribution in [0.1, 0.15) is 17.3 Å². The van der Waals surface area contributed by atoms with E-state index in [1.54, 1.807) is 18.2 Å². The Labute approximate surface area is 149 Å². The lowest BCUT2D eigenvalue weighted by atomic mass is 10.2. The van der Waals surface area contributed by atoms with Crippen molar-refractivity contribution in [1.82, 2.24) is 0 Å². The molecule has 0 spiro atoms. The molecule has 0 aliphatic heterocycles. The fourth-order valence-corrected chi connectivity index (χ4v) is 3.48. The molecule has 0 aromatic heterocycles. The quantitative estimate of drug-likeness (QED) is 0.442. The number of nitrogens with zero attached hydrogens (tertiary/aromatic N) is 1. The molecule has 24 heavy (non-hydrogen) atoms. The summed E-state index contributed by atoms with van der Waals surface area (Å²) in [7, 11) is -3.60. The van der Waals surface area contributed by atoms with Gasteiger partial charge in [-0.25, -0.2) is 13.2 Å². The van der Waals surface area contributed by atoms with Crippen molar-refractivity contribution >= 4 is 44.7 Å². The van der Waals surface area contributed by atoms with Gasteiger partial charge in [-0.3, -0.25) is 0 Å². The van der Waals surface area contributed by atoms with E-state index in [0.717, 1.165) is 0 Å². The van der Waals surface area contributed by atoms with Crippen molar-refractivity contribution in [3.8, 4) is 0 Å². The molecule has 0 aliphatic rings. The molecule has 0 aliphatic carbocycles. The fourth-order valence-electron chi connectivity index (χ4n) is 1.82. The summed E-state index contributed by atoms with van der Waals surface area (Å²) in [6.07, 6.45) is 0. The molecule has 2 aromatic carbocycles. The van der Waals surface area contributed by atoms with Gasteiger partial charge in [0, 0.05) is 5.02 Å². The molecular formula is C16H13Cl2NO4S. The Balaban J connectivity index is 2.07. The van der Waals surface area contributed by atoms with Gasteiger partial charge in [-0.05, 0) is 43.3 Å². The maximum Gasteiger partial charge on any atom is 0.367 e. The summed E-state index contributed by atoms with van der Waals surface area (Å²) in [6, 6.07) is 12.1. The first kappa shape index (κ1) is 18.4. The summed E-state index contributed by atoms with van der Waals surface area (Å²) in [6.45, 7) is 1.45. The topological polar surface area (TPSA) is 72.8 Å². The van der Waals surface area contributed by atoms with Crippen LogP contribution in [0.3, 0.4) is 0 Å². The monoisotopic (exact) mass is 385 g/mol. The first-order valence-electron chi connectivity index (χ1n) is 6.77. The van der Waals surface area contributed by atoms with E-state index in [1.807, 2.05) is 0 Å². The molecular weight excluding hydrogens is 373 g/mol. The summed E-state index contributed by atoms with van der Waals surface area (Å²) in [5.41, 5.74) is 0.279. The number of hydrogen-bond acceptors (Lipinski definition) is 5. The van der Waals surface area contributed by atoms with Crippen LogP contribution in [0, 0.1) is 0 Å². The van der Waals surface area contributed by atoms with Gasteiger partial charge >= 0.3 is 5.97 Å². The third kappa shape index (κ3) is 4.80. The molecule has 0 saturated heterocycles. The second-order valence-corrected chi connectivity index (χ2v) is 7.73. The van der Waals surface area contributed by atoms with Crippen molar-refractivity contribution < 1.29 is 18.0 Å². The van der Waals surface area contributed by atoms with Gasteiger partial charge in [0.2, 0.25) is 0 Å². The predicted molar refractivity (Wildman–Crippen MR) is 93.5 cm³/mol. The highest BCUT2D eigenvalue weighted by atomic mass is 35.5. The van der Waals surface area contributed by atoms with Crippen LogP contribution in [0.5, 0.6) is 0 Å². The third-order valence-electron chi connectivity index (χ3n) is 2.95. The Hall–Kier alpha value is -1.89. The van der Waals surface area contributed by atoms with E-state index in [2.05, 4.69) is 5.16 Å². The molecule has 0 N–H and O–H groups in total. The van der Waals surface area contributed by atoms with Crippen LogP contribution in [-0.2, 0) is 14.7 Å². The summed E-state index contributed by atoms with van der Waals surface area (Å²) >= 11 is 11.6. The fraction of sp³-hybridized carbons (Fsp3) is 0.125. The number of hydrogen-bond donors (Lipinski definition) is 0. The van der Waals surface area contributed by atoms with E-state index in [9.17, 15) is 13.2 Å². The van der Waals surface area contributed by atoms with Crippen molar-refractivity contribution in [3.05, 3.63) is 64.1 Å². The van der Waals surface area contributed by atoms with Crippen LogP contribution in [0.4, 0.5) is 0 Å². The van der Waals surface area contributed by atoms with Gasteiger partial charge in [0.1, 0.15) is 0 Å². The Morgan fingerprint density at radius 1 is 1.08 bits per heavy atom. The van der Waals surface area contributed by atoms with Gasteiger partial charge in [0.15, 0.2) is 9.84 Å². The second-order valence-electron chi connectivity index (χ2n) is 4.90. The molecule has 5 nitrogen and oxygen atoms in total. The van der Waals surface area contributed by atoms with E-state index < -0.39 is 15.8 Å². The molecule has 0 amide bonds. The molecule has 0 unspecified atom stereocenters. The Morgan fingerprint density at radius 3 is 2.33 bits per heavy atom. The number of sulfone groups is 1. The summed E-state index contributed by atoms with van der Waals surface area (Å²) in [5, 5.41) is 4.24. The molecule has 126 valence electrons. The first-order valence-corrected chi connectivity index (χ1v) is 9.18. The minimum atomic E-state index is -3.60. The number of oxime groups is 1. The lowest BCUT2D eigenvalue weighted by Gasteiger charge is -2.05. The molecule has 2 rings (SSSR count). The summed E-state index contributed by atoms with van der Waals surface area (Å²) in [5.74, 6) is -1.14. The van der Waals surface area contributed by atoms with E-state index in [1.165, 1.54) is 37.3 Å². The average Bonchev–Trinajstić information content (AvgIpc) is 2.53. The molecule has 0 saturated carbocycles. The molecule has 2 aromatic rings. The van der Waals surface area contributed by atoms with E-state index in [4.69, 9.17) is 28.0 Å². The van der Waals surface area contributed by atoms with E-state index in [-0.39, 0.29) is 26.9 Å². The molecule has 0 heterocycles. The maximum absolute atomic E-state index is 12.2. The zero-order chi connectivity index (χ0) is 17.7. The smallest absolute Gasteiger partial charge is 0.313 e. The van der Waals surface area contributed by atoms with Crippen molar-refractivity contribution in [3.63, 3.8) is 0 Å². The number of halogens is 2. The summed E-state index contributed by atoms with van der Waals surface area (Å²) < 4.78 is 24.5. The molecule has 0 radical (unpaired) electrons. The Kier molecular flexibility index (Phi) is 5.99. The van der Waals surface area contributed by atoms with Crippen molar-refractivity contribution in [1.29, 1.82) is 0 Å². The second kappa shape index (κ2) is 7.79. The van der Waals surface area contributed by atoms with E-state index in [0.29, 0.717) is 5.02 Å². The normalized spacial score (nSPS) is 12.0. The van der Waals surface area contributed by atoms with Crippen LogP contribution < -0.4 is 0 Å². The van der Waals surface area contributed by atoms with Gasteiger partial charge in [-0.15, -0.1) is 0 Å². The molecule has 0 fully saturated rings. The van der Waals surface area contributed by atoms with Gasteiger partial charge in [0.25, 0.3) is 0 Å². The minimum absolute atomic E-state index is 0.110. The number of carbonyl (C=O) groups excluding carboxylic acids is 1. The number of carbonyl (C=O) groups is 1. The minimum Gasteiger partial charge on any atom is -0.313 e. The van der Waals surface area contributed by atoms with Gasteiger partial charge in [-0.1, -0.05) is 40.5 Å². The summed E-state index contributed by atoms with van der Waals surface area (Å²) in [4.78, 5) is 16.7. The molecule has 8 heteroatoms. The Bertz CT molecular complexity index is 877. The maximum atomic E-state index is 12.2. The van der Waals surface area contributed by atoms with Gasteiger partial charge in [-0.2, -0.15) is 0 Å². The van der Waals surface area contributed by atoms with Crippen molar-refractivity contribution in [2.45, 2.75) is 11.8 Å². The number of benzene rings is 2. The third-order valence-corrected chi connectivity index (χ3v) is 5.32. The lowest BCUT2D eigenvalue weighted by Crippen LogP contribution is -2.15. The van der Waals surface area contributed by atoms with Crippen LogP contribution in [0.15, 0.2) is 58.6 Å². The molecule has 0 atom stereocenters. The predicted octanol–water partition coefficient (Wildman–Crippen LogP) is 4.00. The van der Waals surface area contributed by atoms with Crippen LogP contribution in [-0.4, -0.2) is 25.9 Å². The average molecular weight is 386 g/mol. The highest BCUT2D eigenvalue weighted by Crippen LogP contribution is 2.17. The van der Waals surface area contributed by atoms with Crippen LogP contribution in [0.25, 0.3) is 0 Å². The van der Waals surface area contributed by atoms with E-state index >= 15 is 0 Å². The number of rotatable bonds is 5. The van der Waals surface area contributed by atoms with Crippen molar-refractivity contribution in [2.75, 3.05) is 5.75 Å². The zero-order valence-electron chi connectivity index (χ0n) is 12.6.